The first-order valence-electron chi connectivity index (χ1n) is 13.6. The molecule has 0 aromatic carbocycles. The summed E-state index contributed by atoms with van der Waals surface area (Å²) >= 11 is 0. The van der Waals surface area contributed by atoms with Crippen molar-refractivity contribution in [2.24, 2.45) is 11.3 Å². The van der Waals surface area contributed by atoms with Gasteiger partial charge in [0.25, 0.3) is 5.91 Å². The number of imidazole rings is 1. The smallest absolute Gasteiger partial charge is 0.319 e. The Morgan fingerprint density at radius 1 is 1.18 bits per heavy atom. The van der Waals surface area contributed by atoms with Gasteiger partial charge in [-0.2, -0.15) is 10.2 Å². The Labute approximate surface area is 221 Å². The van der Waals surface area contributed by atoms with Crippen molar-refractivity contribution in [3.05, 3.63) is 47.7 Å². The number of nitrogens with zero attached hydrogens (tertiary/aromatic N) is 5. The maximum Gasteiger partial charge on any atom is 0.319 e. The van der Waals surface area contributed by atoms with Crippen LogP contribution in [-0.2, 0) is 22.6 Å². The number of aryl methyl sites for hydroxylation is 1. The van der Waals surface area contributed by atoms with Crippen LogP contribution >= 0.6 is 0 Å². The number of carboxylic acids is 1. The average Bonchev–Trinajstić information content (AvgIpc) is 3.47. The lowest BCUT2D eigenvalue weighted by molar-refractivity contribution is -0.158. The number of hydrogen-bond donors (Lipinski definition) is 3. The highest BCUT2D eigenvalue weighted by Crippen LogP contribution is 2.34. The van der Waals surface area contributed by atoms with Crippen molar-refractivity contribution in [1.82, 2.24) is 35.0 Å². The van der Waals surface area contributed by atoms with E-state index < -0.39 is 17.3 Å². The molecule has 1 aliphatic heterocycles. The van der Waals surface area contributed by atoms with Crippen LogP contribution in [0.15, 0.2) is 30.6 Å². The van der Waals surface area contributed by atoms with Gasteiger partial charge in [-0.05, 0) is 56.7 Å². The van der Waals surface area contributed by atoms with Crippen molar-refractivity contribution >= 4 is 23.4 Å². The lowest BCUT2D eigenvalue weighted by Gasteiger charge is -2.31. The van der Waals surface area contributed by atoms with Crippen LogP contribution in [0, 0.1) is 11.3 Å². The number of carbonyl (C=O) groups excluding carboxylic acids is 2. The van der Waals surface area contributed by atoms with E-state index in [4.69, 9.17) is 4.98 Å². The minimum absolute atomic E-state index is 0.00141. The fourth-order valence-electron chi connectivity index (χ4n) is 5.89. The molecule has 2 unspecified atom stereocenters. The summed E-state index contributed by atoms with van der Waals surface area (Å²) in [5.74, 6) is -1.54. The Hall–Kier alpha value is -3.76. The van der Waals surface area contributed by atoms with E-state index in [9.17, 15) is 19.5 Å². The first kappa shape index (κ1) is 25.9. The summed E-state index contributed by atoms with van der Waals surface area (Å²) in [5, 5.41) is 24.7. The Balaban J connectivity index is 1.45. The second-order valence-electron chi connectivity index (χ2n) is 10.5. The van der Waals surface area contributed by atoms with E-state index in [1.165, 1.54) is 12.8 Å². The van der Waals surface area contributed by atoms with Crippen LogP contribution in [0.5, 0.6) is 0 Å². The molecule has 0 bridgehead atoms. The third kappa shape index (κ3) is 5.01. The SMILES string of the molecule is CCn1nccc1C(=O)NC(c1cn2nc(CC3(C(=O)O)CCCNC3=O)ccc2n1)C1CCCCCC1. The maximum absolute atomic E-state index is 13.3. The second-order valence-corrected chi connectivity index (χ2v) is 10.5. The standard InChI is InChI=1S/C27H35N7O4/c1-2-33-21(12-15-29-33)24(35)31-23(18-8-5-3-4-6-9-18)20-17-34-22(30-20)11-10-19(32-34)16-27(26(37)38)13-7-14-28-25(27)36/h10-12,15,17-18,23H,2-9,13-14,16H2,1H3,(H,28,36)(H,31,35)(H,37,38). The Morgan fingerprint density at radius 3 is 2.68 bits per heavy atom. The van der Waals surface area contributed by atoms with E-state index in [2.05, 4.69) is 20.8 Å². The molecular formula is C27H35N7O4. The van der Waals surface area contributed by atoms with Crippen LogP contribution < -0.4 is 10.6 Å². The molecule has 3 aromatic rings. The molecule has 2 aliphatic rings. The lowest BCUT2D eigenvalue weighted by Crippen LogP contribution is -2.52. The van der Waals surface area contributed by atoms with Crippen LogP contribution in [0.4, 0.5) is 0 Å². The number of aliphatic carboxylic acids is 1. The number of carbonyl (C=O) groups is 3. The van der Waals surface area contributed by atoms with Gasteiger partial charge in [0.05, 0.1) is 23.6 Å². The van der Waals surface area contributed by atoms with E-state index >= 15 is 0 Å². The van der Waals surface area contributed by atoms with Crippen molar-refractivity contribution in [2.45, 2.75) is 77.3 Å². The molecule has 1 aliphatic carbocycles. The molecule has 38 heavy (non-hydrogen) atoms. The van der Waals surface area contributed by atoms with Gasteiger partial charge in [-0.25, -0.2) is 9.50 Å². The van der Waals surface area contributed by atoms with Crippen LogP contribution in [-0.4, -0.2) is 53.8 Å². The zero-order chi connectivity index (χ0) is 26.7. The topological polar surface area (TPSA) is 144 Å². The van der Waals surface area contributed by atoms with Gasteiger partial charge in [-0.1, -0.05) is 25.7 Å². The van der Waals surface area contributed by atoms with E-state index in [0.29, 0.717) is 36.5 Å². The van der Waals surface area contributed by atoms with E-state index in [0.717, 1.165) is 31.4 Å². The van der Waals surface area contributed by atoms with Gasteiger partial charge in [0, 0.05) is 25.7 Å². The van der Waals surface area contributed by atoms with Crippen LogP contribution in [0.2, 0.25) is 0 Å². The van der Waals surface area contributed by atoms with Crippen molar-refractivity contribution in [3.63, 3.8) is 0 Å². The molecular weight excluding hydrogens is 486 g/mol. The fraction of sp³-hybridized carbons (Fsp3) is 0.556. The number of piperidine rings is 1. The minimum atomic E-state index is -1.53. The Kier molecular flexibility index (Phi) is 7.44. The van der Waals surface area contributed by atoms with Gasteiger partial charge in [0.1, 0.15) is 5.69 Å². The molecule has 1 saturated heterocycles. The third-order valence-electron chi connectivity index (χ3n) is 8.01. The Bertz CT molecular complexity index is 1320. The highest BCUT2D eigenvalue weighted by Gasteiger charge is 2.48. The third-order valence-corrected chi connectivity index (χ3v) is 8.01. The molecule has 5 rings (SSSR count). The van der Waals surface area contributed by atoms with Crippen molar-refractivity contribution in [3.8, 4) is 0 Å². The minimum Gasteiger partial charge on any atom is -0.480 e. The largest absolute Gasteiger partial charge is 0.480 e. The van der Waals surface area contributed by atoms with Gasteiger partial charge in [-0.15, -0.1) is 0 Å². The highest BCUT2D eigenvalue weighted by molar-refractivity contribution is 6.02. The average molecular weight is 522 g/mol. The second kappa shape index (κ2) is 10.9. The monoisotopic (exact) mass is 521 g/mol. The van der Waals surface area contributed by atoms with Crippen LogP contribution in [0.1, 0.15) is 86.2 Å². The summed E-state index contributed by atoms with van der Waals surface area (Å²) < 4.78 is 3.31. The normalized spacial score (nSPS) is 21.6. The molecule has 2 atom stereocenters. The molecule has 3 N–H and O–H groups in total. The van der Waals surface area contributed by atoms with E-state index in [-0.39, 0.29) is 30.7 Å². The van der Waals surface area contributed by atoms with Gasteiger partial charge in [-0.3, -0.25) is 19.1 Å². The molecule has 1 saturated carbocycles. The number of aromatic nitrogens is 5. The maximum atomic E-state index is 13.3. The van der Waals surface area contributed by atoms with Crippen molar-refractivity contribution < 1.29 is 19.5 Å². The summed E-state index contributed by atoms with van der Waals surface area (Å²) in [4.78, 5) is 42.8. The molecule has 2 amide bonds. The van der Waals surface area contributed by atoms with Crippen LogP contribution in [0.25, 0.3) is 5.65 Å². The molecule has 2 fully saturated rings. The molecule has 11 nitrogen and oxygen atoms in total. The van der Waals surface area contributed by atoms with Gasteiger partial charge in [0.15, 0.2) is 11.1 Å². The summed E-state index contributed by atoms with van der Waals surface area (Å²) in [7, 11) is 0. The first-order valence-corrected chi connectivity index (χ1v) is 13.6. The van der Waals surface area contributed by atoms with E-state index in [1.807, 2.05) is 13.1 Å². The van der Waals surface area contributed by atoms with Gasteiger partial charge < -0.3 is 15.7 Å². The number of nitrogens with one attached hydrogen (secondary N) is 2. The van der Waals surface area contributed by atoms with Gasteiger partial charge >= 0.3 is 5.97 Å². The van der Waals surface area contributed by atoms with Gasteiger partial charge in [0.2, 0.25) is 5.91 Å². The zero-order valence-electron chi connectivity index (χ0n) is 21.7. The highest BCUT2D eigenvalue weighted by atomic mass is 16.4. The first-order chi connectivity index (χ1) is 18.4. The molecule has 11 heteroatoms. The molecule has 202 valence electrons. The van der Waals surface area contributed by atoms with Crippen molar-refractivity contribution in [2.75, 3.05) is 6.54 Å². The predicted octanol–water partition coefficient (Wildman–Crippen LogP) is 2.91. The fourth-order valence-corrected chi connectivity index (χ4v) is 5.89. The van der Waals surface area contributed by atoms with Crippen molar-refractivity contribution in [1.29, 1.82) is 0 Å². The summed E-state index contributed by atoms with van der Waals surface area (Å²) in [5.41, 5.74) is 0.817. The van der Waals surface area contributed by atoms with E-state index in [1.54, 1.807) is 33.6 Å². The number of fused-ring (bicyclic) bond motifs is 1. The molecule has 0 spiro atoms. The number of carboxylic acid groups (broad SMARTS) is 1. The summed E-state index contributed by atoms with van der Waals surface area (Å²) in [6, 6.07) is 4.96. The lowest BCUT2D eigenvalue weighted by atomic mass is 9.76. The number of amides is 2. The Morgan fingerprint density at radius 2 is 1.97 bits per heavy atom. The molecule has 0 radical (unpaired) electrons. The number of hydrogen-bond acceptors (Lipinski definition) is 6. The quantitative estimate of drug-likeness (QED) is 0.305. The summed E-state index contributed by atoms with van der Waals surface area (Å²) in [6.45, 7) is 3.03. The summed E-state index contributed by atoms with van der Waals surface area (Å²) in [6.07, 6.45) is 10.9. The molecule has 4 heterocycles. The zero-order valence-corrected chi connectivity index (χ0v) is 21.7. The number of rotatable bonds is 8. The van der Waals surface area contributed by atoms with Crippen LogP contribution in [0.3, 0.4) is 0 Å². The molecule has 3 aromatic heterocycles. The predicted molar refractivity (Wildman–Crippen MR) is 138 cm³/mol.